The molecule has 2 aromatic heterocycles. The van der Waals surface area contributed by atoms with Crippen molar-refractivity contribution in [2.75, 3.05) is 64.3 Å². The number of morpholine rings is 1. The number of hydrogen-bond acceptors (Lipinski definition) is 12. The van der Waals surface area contributed by atoms with Gasteiger partial charge in [-0.2, -0.15) is 0 Å². The van der Waals surface area contributed by atoms with E-state index in [0.717, 1.165) is 54.5 Å². The van der Waals surface area contributed by atoms with Crippen LogP contribution in [0.1, 0.15) is 78.2 Å². The molecule has 8 rings (SSSR count). The monoisotopic (exact) mass is 878 g/mol. The second kappa shape index (κ2) is 19.3. The van der Waals surface area contributed by atoms with Crippen molar-refractivity contribution in [3.63, 3.8) is 0 Å². The number of phenols is 1. The Balaban J connectivity index is 0.845. The van der Waals surface area contributed by atoms with Crippen molar-refractivity contribution >= 4 is 40.6 Å². The van der Waals surface area contributed by atoms with Crippen molar-refractivity contribution in [2.45, 2.75) is 75.4 Å². The minimum Gasteiger partial charge on any atom is -0.507 e. The topological polar surface area (TPSA) is 220 Å². The molecule has 2 aromatic carbocycles. The highest BCUT2D eigenvalue weighted by Crippen LogP contribution is 2.37. The third kappa shape index (κ3) is 9.66. The van der Waals surface area contributed by atoms with Crippen molar-refractivity contribution in [3.05, 3.63) is 107 Å². The molecule has 4 aromatic rings. The minimum atomic E-state index is -1.39. The van der Waals surface area contributed by atoms with Gasteiger partial charge in [-0.1, -0.05) is 31.2 Å². The number of benzene rings is 2. The molecule has 4 fully saturated rings. The maximum atomic E-state index is 16.4. The van der Waals surface area contributed by atoms with Crippen molar-refractivity contribution in [2.24, 2.45) is 17.2 Å². The fourth-order valence-electron chi connectivity index (χ4n) is 9.59. The number of hydrogen-bond donors (Lipinski definition) is 6. The summed E-state index contributed by atoms with van der Waals surface area (Å²) in [5.74, 6) is -0.210. The molecule has 340 valence electrons. The number of aromatic hydroxyl groups is 1. The van der Waals surface area contributed by atoms with Gasteiger partial charge in [-0.3, -0.25) is 14.4 Å². The Morgan fingerprint density at radius 1 is 1.03 bits per heavy atom. The largest absolute Gasteiger partial charge is 0.507 e. The summed E-state index contributed by atoms with van der Waals surface area (Å²) < 4.78 is 31.0. The maximum Gasteiger partial charge on any atom is 0.253 e. The lowest BCUT2D eigenvalue weighted by Crippen LogP contribution is -2.51. The third-order valence-corrected chi connectivity index (χ3v) is 13.1. The fraction of sp³-hybridized carbons (Fsp3) is 0.447. The van der Waals surface area contributed by atoms with Gasteiger partial charge < -0.3 is 61.7 Å². The van der Waals surface area contributed by atoms with Gasteiger partial charge in [-0.15, -0.1) is 0 Å². The normalized spacial score (nSPS) is 21.7. The predicted molar refractivity (Wildman–Crippen MR) is 241 cm³/mol. The summed E-state index contributed by atoms with van der Waals surface area (Å²) in [6.45, 7) is 6.10. The third-order valence-electron chi connectivity index (χ3n) is 13.1. The van der Waals surface area contributed by atoms with E-state index in [1.54, 1.807) is 53.6 Å². The number of carbonyl (C=O) groups excluding carboxylic acids is 3. The van der Waals surface area contributed by atoms with Crippen LogP contribution in [0.3, 0.4) is 0 Å². The van der Waals surface area contributed by atoms with E-state index in [4.69, 9.17) is 31.7 Å². The number of carbonyl (C=O) groups is 3. The van der Waals surface area contributed by atoms with E-state index >= 15 is 4.39 Å². The number of nitrogens with one attached hydrogen (secondary N) is 2. The summed E-state index contributed by atoms with van der Waals surface area (Å²) in [6.07, 6.45) is 8.68. The van der Waals surface area contributed by atoms with Crippen LogP contribution in [0.2, 0.25) is 0 Å². The number of alkyl halides is 1. The summed E-state index contributed by atoms with van der Waals surface area (Å²) in [7, 11) is 0. The number of pyridine rings is 1. The molecule has 0 radical (unpaired) electrons. The molecule has 6 heterocycles. The molecule has 4 aliphatic rings. The maximum absolute atomic E-state index is 16.4. The number of piperidine rings is 2. The van der Waals surface area contributed by atoms with Crippen LogP contribution < -0.4 is 27.8 Å². The first-order chi connectivity index (χ1) is 30.9. The van der Waals surface area contributed by atoms with E-state index < -0.39 is 5.67 Å². The molecule has 0 spiro atoms. The minimum absolute atomic E-state index is 0.0425. The van der Waals surface area contributed by atoms with Crippen LogP contribution in [0.4, 0.5) is 10.1 Å². The van der Waals surface area contributed by atoms with Crippen molar-refractivity contribution in [1.82, 2.24) is 29.6 Å². The molecule has 16 nitrogen and oxygen atoms in total. The standard InChI is InChI=1S/C47H59FN10O6/c1-2-30-24-57(45-36(30)21-33(23-53-45)54-43(61)11-16-52-29-59)34-12-17-55(18-13-34)28-47(48)14-19-56(20-15-47)46(62)32-9-7-31(8-10-32)41-25-58(39-26-63-27-42(39)64-41)38(44(50)51)22-37(49)35-5-3-4-6-40(35)60/h3-10,21-24,29,34,39,41-42,60H,2,11-20,25-28,49-51H2,1H3,(H,52,59)(H,54,61)/b37-22-. The van der Waals surface area contributed by atoms with Gasteiger partial charge in [0.2, 0.25) is 12.3 Å². The number of allylic oxidation sites excluding steroid dienone is 1. The van der Waals surface area contributed by atoms with Crippen molar-refractivity contribution in [3.8, 4) is 5.75 Å². The molecular weight excluding hydrogens is 820 g/mol. The molecule has 3 unspecified atom stereocenters. The molecule has 3 atom stereocenters. The molecular formula is C47H59FN10O6. The van der Waals surface area contributed by atoms with E-state index in [9.17, 15) is 19.5 Å². The number of rotatable bonds is 14. The molecule has 64 heavy (non-hydrogen) atoms. The van der Waals surface area contributed by atoms with Gasteiger partial charge in [0.25, 0.3) is 5.91 Å². The second-order valence-electron chi connectivity index (χ2n) is 17.3. The second-order valence-corrected chi connectivity index (χ2v) is 17.3. The number of nitrogens with zero attached hydrogens (tertiary/aromatic N) is 5. The fourth-order valence-corrected chi connectivity index (χ4v) is 9.59. The summed E-state index contributed by atoms with van der Waals surface area (Å²) in [4.78, 5) is 47.3. The molecule has 0 saturated carbocycles. The summed E-state index contributed by atoms with van der Waals surface area (Å²) in [5.41, 5.74) is 22.9. The van der Waals surface area contributed by atoms with E-state index in [1.807, 2.05) is 18.2 Å². The highest BCUT2D eigenvalue weighted by Gasteiger charge is 2.43. The van der Waals surface area contributed by atoms with Crippen molar-refractivity contribution in [1.29, 1.82) is 0 Å². The summed E-state index contributed by atoms with van der Waals surface area (Å²) >= 11 is 0. The zero-order valence-corrected chi connectivity index (χ0v) is 36.3. The van der Waals surface area contributed by atoms with Crippen LogP contribution in [-0.2, 0) is 25.5 Å². The van der Waals surface area contributed by atoms with Crippen LogP contribution in [0.5, 0.6) is 5.75 Å². The van der Waals surface area contributed by atoms with Crippen LogP contribution in [0.15, 0.2) is 84.6 Å². The molecule has 17 heteroatoms. The number of aromatic nitrogens is 2. The van der Waals surface area contributed by atoms with Gasteiger partial charge in [-0.05, 0) is 66.8 Å². The SMILES string of the molecule is CCc1cn(C2CCN(CC3(F)CCN(C(=O)c4ccc(C5CN(C(/C=C(\N)c6ccccc6O)=C(N)N)C6COCC6O5)cc4)CC3)CC2)c2ncc(NC(=O)CCNC=O)cc12. The van der Waals surface area contributed by atoms with Gasteiger partial charge >= 0.3 is 0 Å². The lowest BCUT2D eigenvalue weighted by atomic mass is 9.91. The molecule has 9 N–H and O–H groups in total. The Hall–Kier alpha value is -6.17. The molecule has 3 amide bonds. The average molecular weight is 879 g/mol. The van der Waals surface area contributed by atoms with Gasteiger partial charge in [0.05, 0.1) is 36.8 Å². The first-order valence-electron chi connectivity index (χ1n) is 22.2. The number of amides is 3. The highest BCUT2D eigenvalue weighted by molar-refractivity contribution is 5.95. The quantitative estimate of drug-likeness (QED) is 0.0604. The molecule has 0 bridgehead atoms. The van der Waals surface area contributed by atoms with Crippen LogP contribution >= 0.6 is 0 Å². The van der Waals surface area contributed by atoms with Crippen LogP contribution in [-0.4, -0.2) is 124 Å². The molecule has 4 aliphatic heterocycles. The van der Waals surface area contributed by atoms with Gasteiger partial charge in [0.15, 0.2) is 0 Å². The number of likely N-dealkylation sites (tertiary alicyclic amines) is 2. The number of ether oxygens (including phenoxy) is 2. The smallest absolute Gasteiger partial charge is 0.253 e. The zero-order valence-electron chi connectivity index (χ0n) is 36.3. The Kier molecular flexibility index (Phi) is 13.4. The van der Waals surface area contributed by atoms with E-state index in [0.29, 0.717) is 74.0 Å². The van der Waals surface area contributed by atoms with E-state index in [-0.39, 0.29) is 73.5 Å². The average Bonchev–Trinajstić information content (AvgIpc) is 3.93. The number of nitrogens with two attached hydrogens (primary N) is 3. The van der Waals surface area contributed by atoms with Crippen LogP contribution in [0.25, 0.3) is 16.7 Å². The van der Waals surface area contributed by atoms with E-state index in [1.165, 1.54) is 0 Å². The lowest BCUT2D eigenvalue weighted by molar-refractivity contribution is -0.116. The van der Waals surface area contributed by atoms with Gasteiger partial charge in [0.1, 0.15) is 35.1 Å². The number of para-hydroxylation sites is 1. The molecule has 4 saturated heterocycles. The summed E-state index contributed by atoms with van der Waals surface area (Å²) in [5, 5.41) is 16.8. The Morgan fingerprint density at radius 2 is 1.78 bits per heavy atom. The Morgan fingerprint density at radius 3 is 2.48 bits per heavy atom. The highest BCUT2D eigenvalue weighted by atomic mass is 19.1. The number of halogens is 1. The van der Waals surface area contributed by atoms with Gasteiger partial charge in [-0.25, -0.2) is 9.37 Å². The summed E-state index contributed by atoms with van der Waals surface area (Å²) in [6, 6.07) is 16.2. The number of anilines is 1. The molecule has 0 aliphatic carbocycles. The number of phenolic OH excluding ortho intramolecular Hbond substituents is 1. The van der Waals surface area contributed by atoms with E-state index in [2.05, 4.69) is 38.1 Å². The van der Waals surface area contributed by atoms with Crippen molar-refractivity contribution < 1.29 is 33.4 Å². The Labute approximate surface area is 372 Å². The first kappa shape index (κ1) is 44.4. The predicted octanol–water partition coefficient (Wildman–Crippen LogP) is 3.89. The zero-order chi connectivity index (χ0) is 45.0. The van der Waals surface area contributed by atoms with Gasteiger partial charge in [0, 0.05) is 99.5 Å². The Bertz CT molecular complexity index is 2380. The number of fused-ring (bicyclic) bond motifs is 2. The first-order valence-corrected chi connectivity index (χ1v) is 22.2. The lowest BCUT2D eigenvalue weighted by Gasteiger charge is -2.43. The number of aryl methyl sites for hydroxylation is 1. The van der Waals surface area contributed by atoms with Crippen LogP contribution in [0, 0.1) is 0 Å².